The van der Waals surface area contributed by atoms with E-state index in [9.17, 15) is 40.3 Å². The number of rotatable bonds is 8. The molecule has 8 aromatic rings. The number of aromatic nitrogens is 4. The second-order valence-electron chi connectivity index (χ2n) is 13.6. The van der Waals surface area contributed by atoms with Gasteiger partial charge in [-0.25, -0.2) is 13.8 Å². The molecule has 16 heteroatoms. The van der Waals surface area contributed by atoms with Crippen LogP contribution >= 0.6 is 15.9 Å². The Morgan fingerprint density at radius 3 is 1.05 bits per heavy atom. The largest absolute Gasteiger partial charge is 0.435 e. The van der Waals surface area contributed by atoms with Crippen molar-refractivity contribution in [3.05, 3.63) is 191 Å². The summed E-state index contributed by atoms with van der Waals surface area (Å²) in [5, 5.41) is 7.49. The highest BCUT2D eigenvalue weighted by molar-refractivity contribution is 9.10. The van der Waals surface area contributed by atoms with Crippen LogP contribution in [0.3, 0.4) is 0 Å². The van der Waals surface area contributed by atoms with Crippen molar-refractivity contribution in [3.8, 4) is 56.1 Å². The van der Waals surface area contributed by atoms with Crippen LogP contribution in [0, 0.1) is 5.82 Å². The number of nitrogens with zero attached hydrogens (tertiary/aromatic N) is 4. The van der Waals surface area contributed by atoms with Crippen LogP contribution < -0.4 is 11.5 Å². The lowest BCUT2D eigenvalue weighted by atomic mass is 10.0. The lowest BCUT2D eigenvalue weighted by Crippen LogP contribution is -2.11. The maximum absolute atomic E-state index is 13.4. The average Bonchev–Trinajstić information content (AvgIpc) is 3.92. The van der Waals surface area contributed by atoms with Crippen molar-refractivity contribution < 1.29 is 40.3 Å². The van der Waals surface area contributed by atoms with Crippen molar-refractivity contribution >= 4 is 27.7 Å². The second-order valence-corrected chi connectivity index (χ2v) is 14.6. The van der Waals surface area contributed by atoms with Crippen molar-refractivity contribution in [3.63, 3.8) is 0 Å². The zero-order chi connectivity index (χ0) is 44.3. The maximum Gasteiger partial charge on any atom is 0.435 e. The molecule has 6 aromatic carbocycles. The summed E-state index contributed by atoms with van der Waals surface area (Å²) in [4.78, 5) is 22.6. The second kappa shape index (κ2) is 17.3. The van der Waals surface area contributed by atoms with E-state index in [-0.39, 0.29) is 28.3 Å². The smallest absolute Gasteiger partial charge is 0.366 e. The fourth-order valence-electron chi connectivity index (χ4n) is 6.33. The van der Waals surface area contributed by atoms with Crippen LogP contribution in [0.15, 0.2) is 162 Å². The minimum atomic E-state index is -4.62. The third-order valence-corrected chi connectivity index (χ3v) is 10.0. The third kappa shape index (κ3) is 9.66. The predicted molar refractivity (Wildman–Crippen MR) is 224 cm³/mol. The molecule has 0 atom stereocenters. The van der Waals surface area contributed by atoms with E-state index in [0.29, 0.717) is 22.5 Å². The van der Waals surface area contributed by atoms with E-state index in [1.54, 1.807) is 48.5 Å². The van der Waals surface area contributed by atoms with Gasteiger partial charge in [0.25, 0.3) is 0 Å². The van der Waals surface area contributed by atoms with E-state index in [0.717, 1.165) is 38.9 Å². The molecule has 2 heterocycles. The minimum absolute atomic E-state index is 0.227. The Labute approximate surface area is 357 Å². The molecule has 0 radical (unpaired) electrons. The number of nitrogens with two attached hydrogens (primary N) is 2. The first-order valence-corrected chi connectivity index (χ1v) is 19.1. The summed E-state index contributed by atoms with van der Waals surface area (Å²) < 4.78 is 96.5. The van der Waals surface area contributed by atoms with Gasteiger partial charge in [-0.15, -0.1) is 0 Å². The summed E-state index contributed by atoms with van der Waals surface area (Å²) in [5.74, 6) is -1.61. The monoisotopic (exact) mass is 910 g/mol. The number of halogens is 8. The number of carbonyl (C=O) groups excluding carboxylic acids is 2. The van der Waals surface area contributed by atoms with Crippen LogP contribution in [0.4, 0.5) is 30.7 Å². The number of benzene rings is 6. The quantitative estimate of drug-likeness (QED) is 0.147. The normalized spacial score (nSPS) is 11.5. The first-order chi connectivity index (χ1) is 29.4. The molecule has 0 aliphatic carbocycles. The first-order valence-electron chi connectivity index (χ1n) is 18.3. The third-order valence-electron chi connectivity index (χ3n) is 9.51. The SMILES string of the molecule is NC(=O)c1ccc(-n2nc(C(F)(F)F)cc2-c2ccc(-c3ccc(Br)cc3)cc2)cc1.NC(=O)c1ccc(-n2nc(C(F)(F)F)cc2-c2ccc(-c3ccc(F)cc3)cc2)cc1. The molecule has 0 aliphatic heterocycles. The number of alkyl halides is 6. The van der Waals surface area contributed by atoms with Gasteiger partial charge in [0, 0.05) is 26.7 Å². The molecule has 0 saturated carbocycles. The first kappa shape index (κ1) is 42.8. The van der Waals surface area contributed by atoms with Gasteiger partial charge in [-0.2, -0.15) is 36.5 Å². The molecule has 0 spiro atoms. The topological polar surface area (TPSA) is 122 Å². The molecule has 0 bridgehead atoms. The molecule has 2 aromatic heterocycles. The molecule has 62 heavy (non-hydrogen) atoms. The highest BCUT2D eigenvalue weighted by Gasteiger charge is 2.36. The van der Waals surface area contributed by atoms with Crippen LogP contribution in [-0.4, -0.2) is 31.4 Å². The van der Waals surface area contributed by atoms with Crippen molar-refractivity contribution in [2.24, 2.45) is 11.5 Å². The zero-order valence-corrected chi connectivity index (χ0v) is 33.4. The highest BCUT2D eigenvalue weighted by atomic mass is 79.9. The fourth-order valence-corrected chi connectivity index (χ4v) is 6.59. The van der Waals surface area contributed by atoms with Crippen LogP contribution in [0.5, 0.6) is 0 Å². The Balaban J connectivity index is 0.000000186. The molecule has 0 unspecified atom stereocenters. The molecule has 0 fully saturated rings. The van der Waals surface area contributed by atoms with Crippen molar-refractivity contribution in [2.45, 2.75) is 12.4 Å². The van der Waals surface area contributed by atoms with Gasteiger partial charge in [0.15, 0.2) is 11.4 Å². The van der Waals surface area contributed by atoms with E-state index in [4.69, 9.17) is 11.5 Å². The molecular formula is C46H30BrF7N6O2. The summed E-state index contributed by atoms with van der Waals surface area (Å²) in [6, 6.07) is 41.4. The number of carbonyl (C=O) groups is 2. The van der Waals surface area contributed by atoms with Gasteiger partial charge >= 0.3 is 12.4 Å². The molecule has 2 amide bonds. The van der Waals surface area contributed by atoms with Crippen molar-refractivity contribution in [2.75, 3.05) is 0 Å². The highest BCUT2D eigenvalue weighted by Crippen LogP contribution is 2.36. The summed E-state index contributed by atoms with van der Waals surface area (Å²) in [5.41, 5.74) is 14.7. The number of hydrogen-bond acceptors (Lipinski definition) is 4. The number of hydrogen-bond donors (Lipinski definition) is 2. The molecule has 0 saturated heterocycles. The molecule has 8 nitrogen and oxygen atoms in total. The Bertz CT molecular complexity index is 2660. The van der Waals surface area contributed by atoms with Crippen LogP contribution in [0.1, 0.15) is 32.1 Å². The predicted octanol–water partition coefficient (Wildman–Crippen LogP) is 11.5. The van der Waals surface area contributed by atoms with E-state index in [2.05, 4.69) is 26.1 Å². The van der Waals surface area contributed by atoms with Gasteiger partial charge in [-0.05, 0) is 107 Å². The van der Waals surface area contributed by atoms with Gasteiger partial charge in [-0.1, -0.05) is 88.7 Å². The number of primary amides is 2. The van der Waals surface area contributed by atoms with Gasteiger partial charge in [0.05, 0.1) is 22.8 Å². The summed E-state index contributed by atoms with van der Waals surface area (Å²) in [6.07, 6.45) is -9.22. The lowest BCUT2D eigenvalue weighted by Gasteiger charge is -2.09. The standard InChI is InChI=1S/C23H15BrF3N3O.C23H15F4N3O/c2*24-18-9-5-15(6-10-18)14-1-3-16(4-2-14)20-13-21(23(25,26)27)29-30(20)19-11-7-17(8-12-19)22(28)31/h2*1-13H,(H2,28,31). The maximum atomic E-state index is 13.4. The number of amides is 2. The molecule has 312 valence electrons. The fraction of sp³-hybridized carbons (Fsp3) is 0.0435. The molecule has 0 aliphatic rings. The van der Waals surface area contributed by atoms with Gasteiger partial charge < -0.3 is 11.5 Å². The Morgan fingerprint density at radius 1 is 0.452 bits per heavy atom. The van der Waals surface area contributed by atoms with Gasteiger partial charge in [0.1, 0.15) is 5.82 Å². The summed E-state index contributed by atoms with van der Waals surface area (Å²) in [6.45, 7) is 0. The van der Waals surface area contributed by atoms with Crippen LogP contribution in [-0.2, 0) is 12.4 Å². The molecular weight excluding hydrogens is 881 g/mol. The van der Waals surface area contributed by atoms with Gasteiger partial charge in [0.2, 0.25) is 11.8 Å². The van der Waals surface area contributed by atoms with Crippen LogP contribution in [0.25, 0.3) is 56.1 Å². The van der Waals surface area contributed by atoms with E-state index < -0.39 is 35.6 Å². The summed E-state index contributed by atoms with van der Waals surface area (Å²) >= 11 is 3.39. The summed E-state index contributed by atoms with van der Waals surface area (Å²) in [7, 11) is 0. The Hall–Kier alpha value is -7.33. The van der Waals surface area contributed by atoms with Gasteiger partial charge in [-0.3, -0.25) is 9.59 Å². The minimum Gasteiger partial charge on any atom is -0.366 e. The van der Waals surface area contributed by atoms with E-state index in [1.165, 1.54) is 70.0 Å². The Kier molecular flexibility index (Phi) is 12.0. The molecule has 8 rings (SSSR count). The average molecular weight is 912 g/mol. The van der Waals surface area contributed by atoms with E-state index in [1.807, 2.05) is 36.4 Å². The lowest BCUT2D eigenvalue weighted by molar-refractivity contribution is -0.142. The Morgan fingerprint density at radius 2 is 0.742 bits per heavy atom. The van der Waals surface area contributed by atoms with Crippen LogP contribution in [0.2, 0.25) is 0 Å². The van der Waals surface area contributed by atoms with Crippen molar-refractivity contribution in [1.82, 2.24) is 19.6 Å². The van der Waals surface area contributed by atoms with Crippen molar-refractivity contribution in [1.29, 1.82) is 0 Å². The van der Waals surface area contributed by atoms with E-state index >= 15 is 0 Å². The molecule has 4 N–H and O–H groups in total. The zero-order valence-electron chi connectivity index (χ0n) is 31.8.